The molecule has 132 valence electrons. The molecule has 3 nitrogen and oxygen atoms in total. The van der Waals surface area contributed by atoms with Gasteiger partial charge in [0, 0.05) is 31.2 Å². The Hall–Kier alpha value is -2.36. The van der Waals surface area contributed by atoms with Crippen molar-refractivity contribution in [2.24, 2.45) is 0 Å². The summed E-state index contributed by atoms with van der Waals surface area (Å²) < 4.78 is 12.9. The van der Waals surface area contributed by atoms with Gasteiger partial charge in [-0.25, -0.2) is 4.39 Å². The maximum absolute atomic E-state index is 12.9. The molecule has 0 aromatic heterocycles. The second-order valence-corrected chi connectivity index (χ2v) is 6.71. The highest BCUT2D eigenvalue weighted by Gasteiger charge is 2.24. The molecule has 0 fully saturated rings. The van der Waals surface area contributed by atoms with Crippen molar-refractivity contribution in [3.8, 4) is 0 Å². The highest BCUT2D eigenvalue weighted by atomic mass is 19.1. The third-order valence-corrected chi connectivity index (χ3v) is 4.80. The normalized spacial score (nSPS) is 15.9. The first-order valence-electron chi connectivity index (χ1n) is 8.99. The van der Waals surface area contributed by atoms with Crippen LogP contribution in [-0.2, 0) is 17.6 Å². The average molecular weight is 340 g/mol. The van der Waals surface area contributed by atoms with Crippen LogP contribution in [0.3, 0.4) is 0 Å². The molecule has 1 heterocycles. The topological polar surface area (TPSA) is 32.3 Å². The second-order valence-electron chi connectivity index (χ2n) is 6.71. The quantitative estimate of drug-likeness (QED) is 0.779. The molecule has 1 atom stereocenters. The molecule has 0 bridgehead atoms. The number of carbonyl (C=O) groups excluding carboxylic acids is 1. The van der Waals surface area contributed by atoms with Crippen LogP contribution in [0.5, 0.6) is 0 Å². The molecule has 25 heavy (non-hydrogen) atoms. The van der Waals surface area contributed by atoms with Gasteiger partial charge in [0.1, 0.15) is 5.82 Å². The van der Waals surface area contributed by atoms with Crippen molar-refractivity contribution in [2.45, 2.75) is 38.6 Å². The van der Waals surface area contributed by atoms with E-state index in [4.69, 9.17) is 0 Å². The molecule has 3 rings (SSSR count). The number of nitrogens with zero attached hydrogens (tertiary/aromatic N) is 1. The average Bonchev–Trinajstić information content (AvgIpc) is 2.93. The minimum Gasteiger partial charge on any atom is -0.368 e. The molecule has 2 aromatic rings. The summed E-state index contributed by atoms with van der Waals surface area (Å²) in [6.45, 7) is 3.89. The summed E-state index contributed by atoms with van der Waals surface area (Å²) in [6, 6.07) is 15.4. The number of hydrogen-bond acceptors (Lipinski definition) is 2. The summed E-state index contributed by atoms with van der Waals surface area (Å²) in [5.41, 5.74) is 3.73. The summed E-state index contributed by atoms with van der Waals surface area (Å²) in [6.07, 6.45) is 3.11. The predicted octanol–water partition coefficient (Wildman–Crippen LogP) is 3.72. The number of benzene rings is 2. The Bertz CT molecular complexity index is 714. The molecule has 1 amide bonds. The van der Waals surface area contributed by atoms with E-state index < -0.39 is 0 Å². The SMILES string of the molecule is C[C@H]1Cc2ccccc2N1CCCNC(=O)CCc1ccc(F)cc1. The van der Waals surface area contributed by atoms with Crippen LogP contribution in [0, 0.1) is 5.82 Å². The molecular formula is C21H25FN2O. The minimum atomic E-state index is -0.245. The largest absolute Gasteiger partial charge is 0.368 e. The Labute approximate surface area is 148 Å². The first kappa shape index (κ1) is 17.5. The lowest BCUT2D eigenvalue weighted by atomic mass is 10.1. The number of carbonyl (C=O) groups is 1. The van der Waals surface area contributed by atoms with Gasteiger partial charge in [-0.3, -0.25) is 4.79 Å². The van der Waals surface area contributed by atoms with E-state index in [1.54, 1.807) is 12.1 Å². The number of fused-ring (bicyclic) bond motifs is 1. The van der Waals surface area contributed by atoms with Gasteiger partial charge >= 0.3 is 0 Å². The van der Waals surface area contributed by atoms with Gasteiger partial charge in [-0.05, 0) is 55.5 Å². The zero-order valence-corrected chi connectivity index (χ0v) is 14.7. The van der Waals surface area contributed by atoms with E-state index >= 15 is 0 Å². The van der Waals surface area contributed by atoms with Crippen molar-refractivity contribution in [1.82, 2.24) is 5.32 Å². The van der Waals surface area contributed by atoms with Gasteiger partial charge in [0.15, 0.2) is 0 Å². The summed E-state index contributed by atoms with van der Waals surface area (Å²) in [5.74, 6) is -0.190. The van der Waals surface area contributed by atoms with Gasteiger partial charge in [-0.15, -0.1) is 0 Å². The Morgan fingerprint density at radius 3 is 2.76 bits per heavy atom. The molecule has 4 heteroatoms. The van der Waals surface area contributed by atoms with Gasteiger partial charge in [-0.1, -0.05) is 30.3 Å². The van der Waals surface area contributed by atoms with Crippen LogP contribution in [0.4, 0.5) is 10.1 Å². The maximum Gasteiger partial charge on any atom is 0.220 e. The second kappa shape index (κ2) is 8.15. The van der Waals surface area contributed by atoms with Gasteiger partial charge in [-0.2, -0.15) is 0 Å². The van der Waals surface area contributed by atoms with Crippen LogP contribution in [0.25, 0.3) is 0 Å². The highest BCUT2D eigenvalue weighted by Crippen LogP contribution is 2.31. The fraction of sp³-hybridized carbons (Fsp3) is 0.381. The van der Waals surface area contributed by atoms with Gasteiger partial charge in [0.25, 0.3) is 0 Å². The number of aryl methyl sites for hydroxylation is 1. The van der Waals surface area contributed by atoms with Gasteiger partial charge in [0.05, 0.1) is 0 Å². The fourth-order valence-corrected chi connectivity index (χ4v) is 3.44. The number of hydrogen-bond donors (Lipinski definition) is 1. The van der Waals surface area contributed by atoms with Crippen molar-refractivity contribution >= 4 is 11.6 Å². The van der Waals surface area contributed by atoms with Crippen LogP contribution in [0.2, 0.25) is 0 Å². The third kappa shape index (κ3) is 4.59. The number of anilines is 1. The summed E-state index contributed by atoms with van der Waals surface area (Å²) in [4.78, 5) is 14.4. The van der Waals surface area contributed by atoms with Crippen LogP contribution in [0.1, 0.15) is 30.9 Å². The first-order valence-corrected chi connectivity index (χ1v) is 8.99. The van der Waals surface area contributed by atoms with Crippen LogP contribution in [-0.4, -0.2) is 25.0 Å². The van der Waals surface area contributed by atoms with Gasteiger partial charge in [0.2, 0.25) is 5.91 Å². The zero-order valence-electron chi connectivity index (χ0n) is 14.7. The van der Waals surface area contributed by atoms with E-state index in [2.05, 4.69) is 41.4 Å². The molecule has 0 unspecified atom stereocenters. The number of rotatable bonds is 7. The molecule has 1 N–H and O–H groups in total. The number of para-hydroxylation sites is 1. The number of halogens is 1. The fourth-order valence-electron chi connectivity index (χ4n) is 3.44. The van der Waals surface area contributed by atoms with Crippen LogP contribution in [0.15, 0.2) is 48.5 Å². The minimum absolute atomic E-state index is 0.0548. The lowest BCUT2D eigenvalue weighted by molar-refractivity contribution is -0.121. The van der Waals surface area contributed by atoms with E-state index in [9.17, 15) is 9.18 Å². The molecule has 0 aliphatic carbocycles. The van der Waals surface area contributed by atoms with Crippen LogP contribution < -0.4 is 10.2 Å². The molecule has 0 spiro atoms. The standard InChI is InChI=1S/C21H25FN2O/c1-16-15-18-5-2-3-6-20(18)24(16)14-4-13-23-21(25)12-9-17-7-10-19(22)11-8-17/h2-3,5-8,10-11,16H,4,9,12-15H2,1H3,(H,23,25)/t16-/m0/s1. The molecular weight excluding hydrogens is 315 g/mol. The number of amides is 1. The Morgan fingerprint density at radius 1 is 1.20 bits per heavy atom. The Kier molecular flexibility index (Phi) is 5.69. The molecule has 0 saturated heterocycles. The van der Waals surface area contributed by atoms with E-state index in [1.165, 1.54) is 23.4 Å². The van der Waals surface area contributed by atoms with E-state index in [-0.39, 0.29) is 11.7 Å². The van der Waals surface area contributed by atoms with Gasteiger partial charge < -0.3 is 10.2 Å². The molecule has 1 aliphatic heterocycles. The van der Waals surface area contributed by atoms with Crippen molar-refractivity contribution in [1.29, 1.82) is 0 Å². The van der Waals surface area contributed by atoms with Crippen molar-refractivity contribution in [2.75, 3.05) is 18.0 Å². The van der Waals surface area contributed by atoms with E-state index in [0.717, 1.165) is 24.9 Å². The molecule has 0 saturated carbocycles. The zero-order chi connectivity index (χ0) is 17.6. The maximum atomic E-state index is 12.9. The number of nitrogens with one attached hydrogen (secondary N) is 1. The lowest BCUT2D eigenvalue weighted by Crippen LogP contribution is -2.33. The highest BCUT2D eigenvalue weighted by molar-refractivity contribution is 5.76. The Balaban J connectivity index is 1.37. The lowest BCUT2D eigenvalue weighted by Gasteiger charge is -2.24. The van der Waals surface area contributed by atoms with Crippen LogP contribution >= 0.6 is 0 Å². The monoisotopic (exact) mass is 340 g/mol. The smallest absolute Gasteiger partial charge is 0.220 e. The van der Waals surface area contributed by atoms with Crippen molar-refractivity contribution < 1.29 is 9.18 Å². The van der Waals surface area contributed by atoms with E-state index in [1.807, 2.05) is 0 Å². The Morgan fingerprint density at radius 2 is 1.96 bits per heavy atom. The molecule has 1 aliphatic rings. The molecule has 2 aromatic carbocycles. The molecule has 0 radical (unpaired) electrons. The predicted molar refractivity (Wildman–Crippen MR) is 99.3 cm³/mol. The summed E-state index contributed by atoms with van der Waals surface area (Å²) in [5, 5.41) is 2.99. The summed E-state index contributed by atoms with van der Waals surface area (Å²) in [7, 11) is 0. The third-order valence-electron chi connectivity index (χ3n) is 4.80. The van der Waals surface area contributed by atoms with E-state index in [0.29, 0.717) is 25.4 Å². The van der Waals surface area contributed by atoms with Crippen molar-refractivity contribution in [3.63, 3.8) is 0 Å². The van der Waals surface area contributed by atoms with Crippen molar-refractivity contribution in [3.05, 3.63) is 65.5 Å². The first-order chi connectivity index (χ1) is 12.1. The summed E-state index contributed by atoms with van der Waals surface area (Å²) >= 11 is 0.